The maximum absolute atomic E-state index is 3.14. The summed E-state index contributed by atoms with van der Waals surface area (Å²) in [6.45, 7) is 10.7. The van der Waals surface area contributed by atoms with Gasteiger partial charge in [0.2, 0.25) is 0 Å². The van der Waals surface area contributed by atoms with E-state index in [2.05, 4.69) is 39.5 Å². The highest BCUT2D eigenvalue weighted by Gasteiger charge is 2.16. The second kappa shape index (κ2) is 2.92. The summed E-state index contributed by atoms with van der Waals surface area (Å²) >= 11 is 0. The van der Waals surface area contributed by atoms with E-state index in [1.54, 1.807) is 0 Å². The van der Waals surface area contributed by atoms with Crippen LogP contribution in [-0.4, -0.2) is 0 Å². The van der Waals surface area contributed by atoms with Crippen LogP contribution in [0.4, 0.5) is 0 Å². The molecule has 0 amide bonds. The van der Waals surface area contributed by atoms with Gasteiger partial charge in [0.05, 0.1) is 0 Å². The van der Waals surface area contributed by atoms with Crippen LogP contribution in [0.2, 0.25) is 0 Å². The van der Waals surface area contributed by atoms with Gasteiger partial charge in [-0.15, -0.1) is 5.92 Å². The molecule has 0 nitrogen and oxygen atoms in total. The SMILES string of the molecule is CC#CC(C)C(C)(C)C. The minimum Gasteiger partial charge on any atom is -0.106 e. The minimum absolute atomic E-state index is 0.336. The predicted octanol–water partition coefficient (Wildman–Crippen LogP) is 2.69. The van der Waals surface area contributed by atoms with E-state index in [0.29, 0.717) is 11.3 Å². The Morgan fingerprint density at radius 1 is 1.22 bits per heavy atom. The maximum atomic E-state index is 3.14. The first-order valence-electron chi connectivity index (χ1n) is 3.40. The topological polar surface area (TPSA) is 0 Å². The third kappa shape index (κ3) is 3.19. The molecule has 0 aliphatic carbocycles. The fourth-order valence-corrected chi connectivity index (χ4v) is 0.433. The summed E-state index contributed by atoms with van der Waals surface area (Å²) in [7, 11) is 0. The minimum atomic E-state index is 0.336. The predicted molar refractivity (Wildman–Crippen MR) is 42.1 cm³/mol. The Kier molecular flexibility index (Phi) is 2.77. The molecular formula is C9H16. The Morgan fingerprint density at radius 2 is 1.67 bits per heavy atom. The highest BCUT2D eigenvalue weighted by molar-refractivity contribution is 5.02. The molecule has 0 heterocycles. The normalized spacial score (nSPS) is 13.9. The van der Waals surface area contributed by atoms with Crippen molar-refractivity contribution in [1.82, 2.24) is 0 Å². The summed E-state index contributed by atoms with van der Waals surface area (Å²) in [4.78, 5) is 0. The maximum Gasteiger partial charge on any atom is 0.0222 e. The second-order valence-electron chi connectivity index (χ2n) is 3.48. The van der Waals surface area contributed by atoms with Gasteiger partial charge in [-0.3, -0.25) is 0 Å². The lowest BCUT2D eigenvalue weighted by atomic mass is 9.83. The summed E-state index contributed by atoms with van der Waals surface area (Å²) in [5.74, 6) is 6.56. The van der Waals surface area contributed by atoms with Gasteiger partial charge in [-0.2, -0.15) is 0 Å². The summed E-state index contributed by atoms with van der Waals surface area (Å²) in [5.41, 5.74) is 0.336. The van der Waals surface area contributed by atoms with Gasteiger partial charge in [0.15, 0.2) is 0 Å². The van der Waals surface area contributed by atoms with Gasteiger partial charge in [-0.05, 0) is 12.3 Å². The summed E-state index contributed by atoms with van der Waals surface area (Å²) in [6, 6.07) is 0. The quantitative estimate of drug-likeness (QED) is 0.435. The van der Waals surface area contributed by atoms with Crippen LogP contribution in [0.3, 0.4) is 0 Å². The summed E-state index contributed by atoms with van der Waals surface area (Å²) in [5, 5.41) is 0. The van der Waals surface area contributed by atoms with Crippen LogP contribution in [-0.2, 0) is 0 Å². The smallest absolute Gasteiger partial charge is 0.0222 e. The largest absolute Gasteiger partial charge is 0.106 e. The van der Waals surface area contributed by atoms with E-state index in [-0.39, 0.29) is 0 Å². The van der Waals surface area contributed by atoms with Gasteiger partial charge in [0, 0.05) is 5.92 Å². The fraction of sp³-hybridized carbons (Fsp3) is 0.778. The molecule has 0 aliphatic rings. The van der Waals surface area contributed by atoms with E-state index in [0.717, 1.165) is 0 Å². The molecule has 1 unspecified atom stereocenters. The Morgan fingerprint density at radius 3 is 1.78 bits per heavy atom. The molecule has 0 heteroatoms. The summed E-state index contributed by atoms with van der Waals surface area (Å²) in [6.07, 6.45) is 0. The van der Waals surface area contributed by atoms with Crippen molar-refractivity contribution >= 4 is 0 Å². The van der Waals surface area contributed by atoms with E-state index >= 15 is 0 Å². The van der Waals surface area contributed by atoms with Crippen molar-refractivity contribution in [3.63, 3.8) is 0 Å². The third-order valence-electron chi connectivity index (χ3n) is 1.66. The molecular weight excluding hydrogens is 108 g/mol. The van der Waals surface area contributed by atoms with Crippen LogP contribution < -0.4 is 0 Å². The molecule has 0 aliphatic heterocycles. The summed E-state index contributed by atoms with van der Waals surface area (Å²) < 4.78 is 0. The third-order valence-corrected chi connectivity index (χ3v) is 1.66. The molecule has 0 aromatic heterocycles. The molecule has 0 spiro atoms. The van der Waals surface area contributed by atoms with Crippen molar-refractivity contribution in [3.8, 4) is 11.8 Å². The van der Waals surface area contributed by atoms with Crippen molar-refractivity contribution < 1.29 is 0 Å². The lowest BCUT2D eigenvalue weighted by Gasteiger charge is -2.21. The van der Waals surface area contributed by atoms with Crippen LogP contribution in [0.1, 0.15) is 34.6 Å². The highest BCUT2D eigenvalue weighted by Crippen LogP contribution is 2.23. The molecule has 9 heavy (non-hydrogen) atoms. The van der Waals surface area contributed by atoms with E-state index in [1.807, 2.05) is 6.92 Å². The molecule has 0 saturated heterocycles. The zero-order valence-corrected chi connectivity index (χ0v) is 7.08. The number of hydrogen-bond acceptors (Lipinski definition) is 0. The van der Waals surface area contributed by atoms with Gasteiger partial charge in [0.1, 0.15) is 0 Å². The molecule has 0 bridgehead atoms. The van der Waals surface area contributed by atoms with Gasteiger partial charge in [-0.1, -0.05) is 33.6 Å². The molecule has 1 atom stereocenters. The van der Waals surface area contributed by atoms with Crippen LogP contribution in [0, 0.1) is 23.2 Å². The molecule has 0 radical (unpaired) electrons. The van der Waals surface area contributed by atoms with Crippen LogP contribution in [0.5, 0.6) is 0 Å². The Balaban J connectivity index is 3.99. The molecule has 0 rings (SSSR count). The van der Waals surface area contributed by atoms with Crippen molar-refractivity contribution in [1.29, 1.82) is 0 Å². The molecule has 0 saturated carbocycles. The van der Waals surface area contributed by atoms with E-state index in [4.69, 9.17) is 0 Å². The first-order chi connectivity index (χ1) is 3.98. The van der Waals surface area contributed by atoms with Crippen LogP contribution in [0.25, 0.3) is 0 Å². The molecule has 0 fully saturated rings. The highest BCUT2D eigenvalue weighted by atomic mass is 14.2. The standard InChI is InChI=1S/C9H16/c1-6-7-8(2)9(3,4)5/h8H,1-5H3. The van der Waals surface area contributed by atoms with Gasteiger partial charge in [0.25, 0.3) is 0 Å². The monoisotopic (exact) mass is 124 g/mol. The Labute approximate surface area is 58.7 Å². The molecule has 0 aromatic rings. The fourth-order valence-electron chi connectivity index (χ4n) is 0.433. The molecule has 0 N–H and O–H groups in total. The second-order valence-corrected chi connectivity index (χ2v) is 3.48. The van der Waals surface area contributed by atoms with Gasteiger partial charge in [-0.25, -0.2) is 0 Å². The Bertz CT molecular complexity index is 126. The lowest BCUT2D eigenvalue weighted by molar-refractivity contribution is 0.324. The first kappa shape index (κ1) is 8.56. The van der Waals surface area contributed by atoms with Gasteiger partial charge < -0.3 is 0 Å². The Hall–Kier alpha value is -0.440. The lowest BCUT2D eigenvalue weighted by Crippen LogP contribution is -2.14. The molecule has 0 aromatic carbocycles. The average molecular weight is 124 g/mol. The van der Waals surface area contributed by atoms with Crippen molar-refractivity contribution in [2.24, 2.45) is 11.3 Å². The van der Waals surface area contributed by atoms with Gasteiger partial charge >= 0.3 is 0 Å². The van der Waals surface area contributed by atoms with Crippen molar-refractivity contribution in [2.45, 2.75) is 34.6 Å². The zero-order chi connectivity index (χ0) is 7.49. The number of rotatable bonds is 0. The van der Waals surface area contributed by atoms with Crippen LogP contribution in [0.15, 0.2) is 0 Å². The average Bonchev–Trinajstić information content (AvgIpc) is 1.64. The molecule has 52 valence electrons. The zero-order valence-electron chi connectivity index (χ0n) is 7.08. The number of hydrogen-bond donors (Lipinski definition) is 0. The van der Waals surface area contributed by atoms with Crippen LogP contribution >= 0.6 is 0 Å². The van der Waals surface area contributed by atoms with Crippen molar-refractivity contribution in [3.05, 3.63) is 0 Å². The van der Waals surface area contributed by atoms with E-state index in [9.17, 15) is 0 Å². The van der Waals surface area contributed by atoms with Crippen molar-refractivity contribution in [2.75, 3.05) is 0 Å². The van der Waals surface area contributed by atoms with E-state index < -0.39 is 0 Å². The first-order valence-corrected chi connectivity index (χ1v) is 3.40. The van der Waals surface area contributed by atoms with E-state index in [1.165, 1.54) is 0 Å².